The molecule has 2 aromatic carbocycles. The van der Waals surface area contributed by atoms with Gasteiger partial charge in [-0.15, -0.1) is 0 Å². The minimum atomic E-state index is -3.60. The number of hydrogen-bond donors (Lipinski definition) is 1. The van der Waals surface area contributed by atoms with E-state index in [1.807, 2.05) is 24.3 Å². The zero-order chi connectivity index (χ0) is 18.6. The third-order valence-electron chi connectivity index (χ3n) is 4.34. The van der Waals surface area contributed by atoms with Gasteiger partial charge in [0.15, 0.2) is 0 Å². The van der Waals surface area contributed by atoms with Gasteiger partial charge in [0.25, 0.3) is 0 Å². The summed E-state index contributed by atoms with van der Waals surface area (Å²) in [5, 5.41) is 0.631. The SMILES string of the molecule is O=S(=O)(NCC(c1ccccc1Cl)N1CCOCC1)c1ccc(Br)cc1. The van der Waals surface area contributed by atoms with Gasteiger partial charge in [-0.25, -0.2) is 13.1 Å². The molecule has 1 saturated heterocycles. The third-order valence-corrected chi connectivity index (χ3v) is 6.65. The van der Waals surface area contributed by atoms with Gasteiger partial charge >= 0.3 is 0 Å². The smallest absolute Gasteiger partial charge is 0.240 e. The summed E-state index contributed by atoms with van der Waals surface area (Å²) in [4.78, 5) is 2.44. The molecule has 26 heavy (non-hydrogen) atoms. The molecule has 3 rings (SSSR count). The molecule has 0 spiro atoms. The number of hydrogen-bond acceptors (Lipinski definition) is 4. The summed E-state index contributed by atoms with van der Waals surface area (Å²) in [6.07, 6.45) is 0. The highest BCUT2D eigenvalue weighted by Crippen LogP contribution is 2.28. The summed E-state index contributed by atoms with van der Waals surface area (Å²) >= 11 is 9.70. The van der Waals surface area contributed by atoms with Gasteiger partial charge in [0.2, 0.25) is 10.0 Å². The zero-order valence-electron chi connectivity index (χ0n) is 14.1. The lowest BCUT2D eigenvalue weighted by atomic mass is 10.0. The maximum atomic E-state index is 12.6. The Morgan fingerprint density at radius 1 is 1.12 bits per heavy atom. The second-order valence-electron chi connectivity index (χ2n) is 5.99. The van der Waals surface area contributed by atoms with E-state index in [4.69, 9.17) is 16.3 Å². The Morgan fingerprint density at radius 3 is 2.42 bits per heavy atom. The Morgan fingerprint density at radius 2 is 1.77 bits per heavy atom. The number of ether oxygens (including phenoxy) is 1. The van der Waals surface area contributed by atoms with Crippen molar-refractivity contribution in [3.05, 3.63) is 63.6 Å². The molecule has 1 heterocycles. The van der Waals surface area contributed by atoms with Gasteiger partial charge in [-0.1, -0.05) is 45.7 Å². The summed E-state index contributed by atoms with van der Waals surface area (Å²) in [6.45, 7) is 2.95. The number of morpholine rings is 1. The van der Waals surface area contributed by atoms with Gasteiger partial charge in [-0.05, 0) is 35.9 Å². The van der Waals surface area contributed by atoms with Crippen molar-refractivity contribution in [2.45, 2.75) is 10.9 Å². The van der Waals surface area contributed by atoms with E-state index in [2.05, 4.69) is 25.6 Å². The monoisotopic (exact) mass is 458 g/mol. The number of sulfonamides is 1. The summed E-state index contributed by atoms with van der Waals surface area (Å²) in [7, 11) is -3.60. The largest absolute Gasteiger partial charge is 0.379 e. The number of halogens is 2. The predicted molar refractivity (Wildman–Crippen MR) is 106 cm³/mol. The maximum Gasteiger partial charge on any atom is 0.240 e. The summed E-state index contributed by atoms with van der Waals surface area (Å²) < 4.78 is 34.3. The van der Waals surface area contributed by atoms with Crippen LogP contribution in [-0.2, 0) is 14.8 Å². The third kappa shape index (κ3) is 4.85. The first-order valence-electron chi connectivity index (χ1n) is 8.29. The normalized spacial score (nSPS) is 17.2. The fraction of sp³-hybridized carbons (Fsp3) is 0.333. The number of benzene rings is 2. The molecule has 1 aliphatic heterocycles. The first-order valence-corrected chi connectivity index (χ1v) is 10.9. The molecule has 0 bridgehead atoms. The highest BCUT2D eigenvalue weighted by atomic mass is 79.9. The molecule has 0 radical (unpaired) electrons. The molecule has 1 fully saturated rings. The minimum absolute atomic E-state index is 0.155. The molecule has 0 aliphatic carbocycles. The lowest BCUT2D eigenvalue weighted by Crippen LogP contribution is -2.43. The Labute approximate surface area is 167 Å². The van der Waals surface area contributed by atoms with E-state index in [9.17, 15) is 8.42 Å². The van der Waals surface area contributed by atoms with Crippen LogP contribution in [0.5, 0.6) is 0 Å². The number of nitrogens with zero attached hydrogens (tertiary/aromatic N) is 1. The van der Waals surface area contributed by atoms with Crippen molar-refractivity contribution in [2.24, 2.45) is 0 Å². The van der Waals surface area contributed by atoms with Crippen molar-refractivity contribution in [3.8, 4) is 0 Å². The minimum Gasteiger partial charge on any atom is -0.379 e. The zero-order valence-corrected chi connectivity index (χ0v) is 17.2. The van der Waals surface area contributed by atoms with Crippen molar-refractivity contribution >= 4 is 37.6 Å². The summed E-state index contributed by atoms with van der Waals surface area (Å²) in [6, 6.07) is 14.0. The van der Waals surface area contributed by atoms with Crippen LogP contribution in [0.3, 0.4) is 0 Å². The quantitative estimate of drug-likeness (QED) is 0.719. The lowest BCUT2D eigenvalue weighted by Gasteiger charge is -2.35. The molecule has 0 saturated carbocycles. The fourth-order valence-corrected chi connectivity index (χ4v) is 4.52. The molecule has 5 nitrogen and oxygen atoms in total. The Hall–Kier alpha value is -0.960. The van der Waals surface area contributed by atoms with Crippen molar-refractivity contribution in [1.82, 2.24) is 9.62 Å². The first-order chi connectivity index (χ1) is 12.5. The molecule has 1 aliphatic rings. The molecular formula is C18H20BrClN2O3S. The highest BCUT2D eigenvalue weighted by Gasteiger charge is 2.26. The Bertz CT molecular complexity index is 840. The second-order valence-corrected chi connectivity index (χ2v) is 9.08. The number of rotatable bonds is 6. The van der Waals surface area contributed by atoms with Crippen molar-refractivity contribution < 1.29 is 13.2 Å². The molecule has 0 amide bonds. The van der Waals surface area contributed by atoms with Crippen LogP contribution in [0.2, 0.25) is 5.02 Å². The molecule has 0 aromatic heterocycles. The Kier molecular flexibility index (Phi) is 6.71. The molecule has 8 heteroatoms. The average molecular weight is 460 g/mol. The van der Waals surface area contributed by atoms with Crippen LogP contribution in [0.15, 0.2) is 57.9 Å². The van der Waals surface area contributed by atoms with Crippen LogP contribution >= 0.6 is 27.5 Å². The standard InChI is InChI=1S/C18H20BrClN2O3S/c19-14-5-7-15(8-6-14)26(23,24)21-13-18(22-9-11-25-12-10-22)16-3-1-2-4-17(16)20/h1-8,18,21H,9-13H2. The van der Waals surface area contributed by atoms with E-state index in [1.54, 1.807) is 24.3 Å². The van der Waals surface area contributed by atoms with E-state index >= 15 is 0 Å². The van der Waals surface area contributed by atoms with Gasteiger partial charge in [0.1, 0.15) is 0 Å². The molecular weight excluding hydrogens is 440 g/mol. The molecule has 140 valence electrons. The van der Waals surface area contributed by atoms with Gasteiger partial charge < -0.3 is 4.74 Å². The molecule has 1 atom stereocenters. The van der Waals surface area contributed by atoms with E-state index in [0.29, 0.717) is 18.2 Å². The molecule has 2 aromatic rings. The topological polar surface area (TPSA) is 58.6 Å². The van der Waals surface area contributed by atoms with Crippen LogP contribution in [0.25, 0.3) is 0 Å². The highest BCUT2D eigenvalue weighted by molar-refractivity contribution is 9.10. The van der Waals surface area contributed by atoms with Gasteiger partial charge in [0.05, 0.1) is 18.1 Å². The van der Waals surface area contributed by atoms with Crippen LogP contribution in [-0.4, -0.2) is 46.2 Å². The van der Waals surface area contributed by atoms with Crippen LogP contribution in [0.4, 0.5) is 0 Å². The van der Waals surface area contributed by atoms with E-state index in [1.165, 1.54) is 0 Å². The first kappa shape index (κ1) is 19.8. The van der Waals surface area contributed by atoms with Crippen molar-refractivity contribution in [3.63, 3.8) is 0 Å². The Balaban J connectivity index is 1.81. The summed E-state index contributed by atoms with van der Waals surface area (Å²) in [5.74, 6) is 0. The maximum absolute atomic E-state index is 12.6. The fourth-order valence-electron chi connectivity index (χ4n) is 2.96. The molecule has 1 unspecified atom stereocenters. The summed E-state index contributed by atoms with van der Waals surface area (Å²) in [5.41, 5.74) is 0.912. The van der Waals surface area contributed by atoms with Crippen LogP contribution in [0.1, 0.15) is 11.6 Å². The van der Waals surface area contributed by atoms with Gasteiger partial charge in [-0.3, -0.25) is 4.90 Å². The second kappa shape index (κ2) is 8.82. The van der Waals surface area contributed by atoms with E-state index in [0.717, 1.165) is 23.1 Å². The van der Waals surface area contributed by atoms with E-state index in [-0.39, 0.29) is 17.5 Å². The van der Waals surface area contributed by atoms with E-state index < -0.39 is 10.0 Å². The lowest BCUT2D eigenvalue weighted by molar-refractivity contribution is 0.0172. The van der Waals surface area contributed by atoms with Gasteiger partial charge in [-0.2, -0.15) is 0 Å². The van der Waals surface area contributed by atoms with Gasteiger partial charge in [0, 0.05) is 35.2 Å². The van der Waals surface area contributed by atoms with Crippen molar-refractivity contribution in [1.29, 1.82) is 0 Å². The average Bonchev–Trinajstić information content (AvgIpc) is 2.64. The van der Waals surface area contributed by atoms with Crippen LogP contribution < -0.4 is 4.72 Å². The predicted octanol–water partition coefficient (Wildman–Crippen LogP) is 3.45. The van der Waals surface area contributed by atoms with Crippen LogP contribution in [0, 0.1) is 0 Å². The van der Waals surface area contributed by atoms with Crippen molar-refractivity contribution in [2.75, 3.05) is 32.8 Å². The number of nitrogens with one attached hydrogen (secondary N) is 1. The molecule has 1 N–H and O–H groups in total.